The molecule has 0 saturated heterocycles. The van der Waals surface area contributed by atoms with Gasteiger partial charge in [-0.3, -0.25) is 13.9 Å². The highest BCUT2D eigenvalue weighted by Gasteiger charge is 2.30. The third kappa shape index (κ3) is 7.74. The number of nitrogens with zero attached hydrogens (tertiary/aromatic N) is 2. The second-order valence-electron chi connectivity index (χ2n) is 8.63. The van der Waals surface area contributed by atoms with Crippen LogP contribution in [0.3, 0.4) is 0 Å². The zero-order valence-corrected chi connectivity index (χ0v) is 22.0. The smallest absolute Gasteiger partial charge is 0.244 e. The molecule has 0 unspecified atom stereocenters. The van der Waals surface area contributed by atoms with E-state index in [0.29, 0.717) is 23.2 Å². The van der Waals surface area contributed by atoms with Crippen LogP contribution in [0.5, 0.6) is 0 Å². The Hall–Kier alpha value is -2.58. The fourth-order valence-electron chi connectivity index (χ4n) is 3.40. The van der Waals surface area contributed by atoms with Crippen LogP contribution in [-0.4, -0.2) is 50.5 Å². The molecular weight excluding hydrogens is 474 g/mol. The fraction of sp³-hybridized carbons (Fsp3) is 0.440. The summed E-state index contributed by atoms with van der Waals surface area (Å²) in [6.07, 6.45) is 1.83. The minimum absolute atomic E-state index is 0.139. The van der Waals surface area contributed by atoms with Crippen LogP contribution in [0, 0.1) is 0 Å². The molecule has 0 aliphatic carbocycles. The highest BCUT2D eigenvalue weighted by molar-refractivity contribution is 7.92. The van der Waals surface area contributed by atoms with Gasteiger partial charge in [0.2, 0.25) is 21.8 Å². The van der Waals surface area contributed by atoms with E-state index >= 15 is 0 Å². The molecule has 1 atom stereocenters. The zero-order chi connectivity index (χ0) is 25.5. The zero-order valence-electron chi connectivity index (χ0n) is 20.4. The van der Waals surface area contributed by atoms with Crippen LogP contribution in [0.1, 0.15) is 51.2 Å². The molecule has 186 valence electrons. The van der Waals surface area contributed by atoms with Gasteiger partial charge < -0.3 is 10.2 Å². The van der Waals surface area contributed by atoms with Crippen molar-refractivity contribution in [1.82, 2.24) is 10.2 Å². The summed E-state index contributed by atoms with van der Waals surface area (Å²) in [4.78, 5) is 27.5. The summed E-state index contributed by atoms with van der Waals surface area (Å²) in [6.45, 7) is 7.89. The number of benzene rings is 2. The highest BCUT2D eigenvalue weighted by atomic mass is 35.5. The number of nitrogens with one attached hydrogen (secondary N) is 1. The Kier molecular flexibility index (Phi) is 9.94. The molecule has 9 heteroatoms. The molecule has 7 nitrogen and oxygen atoms in total. The SMILES string of the molecule is CCCNC(=O)[C@@H](C)N(Cc1ccc(Cl)cc1)C(=O)CN(c1ccc(C(C)C)cc1)S(C)(=O)=O. The predicted molar refractivity (Wildman–Crippen MR) is 137 cm³/mol. The molecule has 0 aromatic heterocycles. The van der Waals surface area contributed by atoms with E-state index in [0.717, 1.165) is 28.1 Å². The van der Waals surface area contributed by atoms with Crippen molar-refractivity contribution in [3.8, 4) is 0 Å². The topological polar surface area (TPSA) is 86.8 Å². The molecule has 0 saturated carbocycles. The first kappa shape index (κ1) is 27.7. The molecule has 0 aliphatic rings. The molecule has 0 radical (unpaired) electrons. The number of anilines is 1. The van der Waals surface area contributed by atoms with E-state index in [1.165, 1.54) is 4.90 Å². The molecule has 2 rings (SSSR count). The average Bonchev–Trinajstić information content (AvgIpc) is 2.79. The van der Waals surface area contributed by atoms with Gasteiger partial charge in [0.15, 0.2) is 0 Å². The summed E-state index contributed by atoms with van der Waals surface area (Å²) in [5, 5.41) is 3.37. The van der Waals surface area contributed by atoms with Crippen LogP contribution < -0.4 is 9.62 Å². The van der Waals surface area contributed by atoms with Gasteiger partial charge in [-0.25, -0.2) is 8.42 Å². The number of carbonyl (C=O) groups is 2. The predicted octanol–water partition coefficient (Wildman–Crippen LogP) is 4.17. The van der Waals surface area contributed by atoms with Crippen molar-refractivity contribution in [2.24, 2.45) is 0 Å². The Bertz CT molecular complexity index is 1070. The van der Waals surface area contributed by atoms with Crippen molar-refractivity contribution >= 4 is 39.1 Å². The third-order valence-corrected chi connectivity index (χ3v) is 6.90. The van der Waals surface area contributed by atoms with E-state index in [9.17, 15) is 18.0 Å². The van der Waals surface area contributed by atoms with Crippen molar-refractivity contribution in [3.05, 3.63) is 64.7 Å². The summed E-state index contributed by atoms with van der Waals surface area (Å²) < 4.78 is 26.3. The standard InChI is InChI=1S/C25H34ClN3O4S/c1-6-15-27-25(31)19(4)28(16-20-7-11-22(26)12-8-20)24(30)17-29(34(5,32)33)23-13-9-21(10-14-23)18(2)3/h7-14,18-19H,6,15-17H2,1-5H3,(H,27,31)/t19-/m1/s1. The molecule has 0 heterocycles. The monoisotopic (exact) mass is 507 g/mol. The van der Waals surface area contributed by atoms with Gasteiger partial charge in [-0.1, -0.05) is 56.6 Å². The van der Waals surface area contributed by atoms with Crippen LogP contribution in [-0.2, 0) is 26.2 Å². The van der Waals surface area contributed by atoms with Crippen molar-refractivity contribution in [1.29, 1.82) is 0 Å². The van der Waals surface area contributed by atoms with Crippen molar-refractivity contribution in [2.75, 3.05) is 23.7 Å². The van der Waals surface area contributed by atoms with E-state index in [4.69, 9.17) is 11.6 Å². The van der Waals surface area contributed by atoms with Gasteiger partial charge in [0.25, 0.3) is 0 Å². The summed E-state index contributed by atoms with van der Waals surface area (Å²) in [5.74, 6) is -0.483. The van der Waals surface area contributed by atoms with Gasteiger partial charge in [0.05, 0.1) is 11.9 Å². The summed E-state index contributed by atoms with van der Waals surface area (Å²) in [5.41, 5.74) is 2.24. The summed E-state index contributed by atoms with van der Waals surface area (Å²) in [6, 6.07) is 13.3. The summed E-state index contributed by atoms with van der Waals surface area (Å²) >= 11 is 5.98. The Balaban J connectivity index is 2.35. The van der Waals surface area contributed by atoms with E-state index in [2.05, 4.69) is 5.32 Å². The lowest BCUT2D eigenvalue weighted by molar-refractivity contribution is -0.139. The molecule has 0 bridgehead atoms. The number of hydrogen-bond donors (Lipinski definition) is 1. The van der Waals surface area contributed by atoms with Gasteiger partial charge in [-0.15, -0.1) is 0 Å². The molecule has 0 fully saturated rings. The van der Waals surface area contributed by atoms with Crippen molar-refractivity contribution in [3.63, 3.8) is 0 Å². The van der Waals surface area contributed by atoms with Crippen LogP contribution in [0.15, 0.2) is 48.5 Å². The van der Waals surface area contributed by atoms with E-state index in [1.54, 1.807) is 43.3 Å². The number of carbonyl (C=O) groups excluding carboxylic acids is 2. The van der Waals surface area contributed by atoms with E-state index in [1.807, 2.05) is 32.9 Å². The third-order valence-electron chi connectivity index (χ3n) is 5.51. The maximum Gasteiger partial charge on any atom is 0.244 e. The fourth-order valence-corrected chi connectivity index (χ4v) is 4.38. The lowest BCUT2D eigenvalue weighted by Crippen LogP contribution is -2.51. The van der Waals surface area contributed by atoms with Gasteiger partial charge in [-0.05, 0) is 54.7 Å². The molecule has 34 heavy (non-hydrogen) atoms. The van der Waals surface area contributed by atoms with Crippen molar-refractivity contribution < 1.29 is 18.0 Å². The van der Waals surface area contributed by atoms with Crippen LogP contribution in [0.2, 0.25) is 5.02 Å². The maximum atomic E-state index is 13.5. The van der Waals surface area contributed by atoms with Gasteiger partial charge in [0.1, 0.15) is 12.6 Å². The first-order chi connectivity index (χ1) is 15.9. The second kappa shape index (κ2) is 12.2. The normalized spacial score (nSPS) is 12.3. The van der Waals surface area contributed by atoms with E-state index in [-0.39, 0.29) is 12.5 Å². The lowest BCUT2D eigenvalue weighted by Gasteiger charge is -2.31. The Morgan fingerprint density at radius 3 is 2.09 bits per heavy atom. The van der Waals surface area contributed by atoms with Crippen molar-refractivity contribution in [2.45, 2.75) is 52.6 Å². The maximum absolute atomic E-state index is 13.5. The number of sulfonamides is 1. The quantitative estimate of drug-likeness (QED) is 0.494. The number of amides is 2. The average molecular weight is 508 g/mol. The first-order valence-electron chi connectivity index (χ1n) is 11.3. The van der Waals surface area contributed by atoms with Gasteiger partial charge in [-0.2, -0.15) is 0 Å². The second-order valence-corrected chi connectivity index (χ2v) is 11.0. The van der Waals surface area contributed by atoms with E-state index < -0.39 is 28.5 Å². The minimum Gasteiger partial charge on any atom is -0.354 e. The highest BCUT2D eigenvalue weighted by Crippen LogP contribution is 2.23. The first-order valence-corrected chi connectivity index (χ1v) is 13.6. The van der Waals surface area contributed by atoms with Crippen LogP contribution >= 0.6 is 11.6 Å². The van der Waals surface area contributed by atoms with Crippen LogP contribution in [0.4, 0.5) is 5.69 Å². The Labute approximate surface area is 208 Å². The molecule has 2 aromatic rings. The Morgan fingerprint density at radius 2 is 1.59 bits per heavy atom. The lowest BCUT2D eigenvalue weighted by atomic mass is 10.0. The van der Waals surface area contributed by atoms with Gasteiger partial charge >= 0.3 is 0 Å². The molecule has 0 spiro atoms. The van der Waals surface area contributed by atoms with Crippen LogP contribution in [0.25, 0.3) is 0 Å². The Morgan fingerprint density at radius 1 is 1.00 bits per heavy atom. The number of rotatable bonds is 11. The minimum atomic E-state index is -3.75. The summed E-state index contributed by atoms with van der Waals surface area (Å²) in [7, 11) is -3.75. The molecular formula is C25H34ClN3O4S. The molecule has 2 aromatic carbocycles. The molecule has 0 aliphatic heterocycles. The molecule has 1 N–H and O–H groups in total. The molecule has 2 amide bonds. The largest absolute Gasteiger partial charge is 0.354 e. The number of hydrogen-bond acceptors (Lipinski definition) is 4. The van der Waals surface area contributed by atoms with Gasteiger partial charge in [0, 0.05) is 18.1 Å². The number of halogens is 1.